The molecule has 3 aromatic rings. The van der Waals surface area contributed by atoms with Crippen LogP contribution in [0.25, 0.3) is 5.76 Å². The number of rotatable bonds is 3. The molecule has 1 aliphatic rings. The summed E-state index contributed by atoms with van der Waals surface area (Å²) in [5.41, 5.74) is 3.74. The van der Waals surface area contributed by atoms with Crippen molar-refractivity contribution in [2.24, 2.45) is 0 Å². The van der Waals surface area contributed by atoms with Crippen molar-refractivity contribution in [1.82, 2.24) is 0 Å². The van der Waals surface area contributed by atoms with E-state index in [4.69, 9.17) is 11.6 Å². The van der Waals surface area contributed by atoms with Gasteiger partial charge < -0.3 is 5.11 Å². The predicted octanol–water partition coefficient (Wildman–Crippen LogP) is 5.58. The van der Waals surface area contributed by atoms with Gasteiger partial charge in [-0.15, -0.1) is 0 Å². The van der Waals surface area contributed by atoms with Gasteiger partial charge in [-0.05, 0) is 48.7 Å². The van der Waals surface area contributed by atoms with Gasteiger partial charge in [-0.2, -0.15) is 0 Å². The minimum Gasteiger partial charge on any atom is -0.507 e. The number of Topliss-reactive ketones (excluding diaryl/α,β-unsaturated/α-hetero) is 1. The minimum absolute atomic E-state index is 0.0503. The zero-order valence-corrected chi connectivity index (χ0v) is 17.4. The van der Waals surface area contributed by atoms with Gasteiger partial charge in [0.2, 0.25) is 0 Å². The molecule has 1 N–H and O–H groups in total. The molecule has 4 rings (SSSR count). The van der Waals surface area contributed by atoms with Crippen molar-refractivity contribution < 1.29 is 14.7 Å². The molecule has 3 aromatic carbocycles. The van der Waals surface area contributed by atoms with Gasteiger partial charge in [-0.25, -0.2) is 0 Å². The van der Waals surface area contributed by atoms with Gasteiger partial charge in [-0.3, -0.25) is 14.5 Å². The second-order valence-corrected chi connectivity index (χ2v) is 7.75. The number of carbonyl (C=O) groups excluding carboxylic acids is 2. The van der Waals surface area contributed by atoms with Gasteiger partial charge in [0.05, 0.1) is 11.6 Å². The summed E-state index contributed by atoms with van der Waals surface area (Å²) in [6, 6.07) is 20.7. The number of hydrogen-bond acceptors (Lipinski definition) is 3. The van der Waals surface area contributed by atoms with Crippen LogP contribution in [0.1, 0.15) is 28.3 Å². The van der Waals surface area contributed by atoms with E-state index in [0.29, 0.717) is 16.3 Å². The highest BCUT2D eigenvalue weighted by molar-refractivity contribution is 6.51. The smallest absolute Gasteiger partial charge is 0.300 e. The molecule has 5 heteroatoms. The molecular weight excluding hydrogens is 398 g/mol. The molecule has 0 aliphatic carbocycles. The van der Waals surface area contributed by atoms with Gasteiger partial charge >= 0.3 is 0 Å². The highest BCUT2D eigenvalue weighted by Gasteiger charge is 2.47. The van der Waals surface area contributed by atoms with Gasteiger partial charge in [-0.1, -0.05) is 66.2 Å². The maximum atomic E-state index is 13.2. The molecule has 1 saturated heterocycles. The van der Waals surface area contributed by atoms with Crippen molar-refractivity contribution in [2.45, 2.75) is 19.9 Å². The lowest BCUT2D eigenvalue weighted by Crippen LogP contribution is -2.30. The molecule has 1 amide bonds. The van der Waals surface area contributed by atoms with E-state index in [1.165, 1.54) is 4.90 Å². The van der Waals surface area contributed by atoms with Crippen LogP contribution >= 0.6 is 11.6 Å². The summed E-state index contributed by atoms with van der Waals surface area (Å²) in [6.07, 6.45) is 0. The maximum Gasteiger partial charge on any atom is 0.300 e. The molecule has 0 spiro atoms. The Kier molecular flexibility index (Phi) is 5.18. The Bertz CT molecular complexity index is 1180. The molecule has 1 fully saturated rings. The number of aliphatic hydroxyl groups excluding tert-OH is 1. The molecule has 1 atom stereocenters. The Morgan fingerprint density at radius 2 is 1.63 bits per heavy atom. The van der Waals surface area contributed by atoms with Crippen molar-refractivity contribution in [3.8, 4) is 0 Å². The average Bonchev–Trinajstić information content (AvgIpc) is 3.01. The minimum atomic E-state index is -0.745. The Hall–Kier alpha value is -3.37. The van der Waals surface area contributed by atoms with Crippen molar-refractivity contribution in [2.75, 3.05) is 4.90 Å². The van der Waals surface area contributed by atoms with Crippen LogP contribution in [-0.2, 0) is 9.59 Å². The molecule has 0 saturated carbocycles. The Morgan fingerprint density at radius 1 is 0.933 bits per heavy atom. The summed E-state index contributed by atoms with van der Waals surface area (Å²) in [5, 5.41) is 11.5. The first-order valence-corrected chi connectivity index (χ1v) is 9.96. The number of benzene rings is 3. The van der Waals surface area contributed by atoms with Crippen molar-refractivity contribution >= 4 is 34.7 Å². The largest absolute Gasteiger partial charge is 0.507 e. The molecule has 1 heterocycles. The van der Waals surface area contributed by atoms with Crippen molar-refractivity contribution in [3.05, 3.63) is 106 Å². The molecule has 0 bridgehead atoms. The first kappa shape index (κ1) is 19.9. The van der Waals surface area contributed by atoms with Crippen LogP contribution in [0.3, 0.4) is 0 Å². The van der Waals surface area contributed by atoms with Gasteiger partial charge in [0.25, 0.3) is 11.7 Å². The van der Waals surface area contributed by atoms with E-state index in [0.717, 1.165) is 16.7 Å². The van der Waals surface area contributed by atoms with Gasteiger partial charge in [0.15, 0.2) is 0 Å². The lowest BCUT2D eigenvalue weighted by Gasteiger charge is -2.27. The quantitative estimate of drug-likeness (QED) is 0.343. The van der Waals surface area contributed by atoms with Crippen molar-refractivity contribution in [1.29, 1.82) is 0 Å². The van der Waals surface area contributed by atoms with Crippen LogP contribution in [0.2, 0.25) is 5.02 Å². The van der Waals surface area contributed by atoms with Crippen LogP contribution in [-0.4, -0.2) is 16.8 Å². The number of hydrogen-bond donors (Lipinski definition) is 1. The summed E-state index contributed by atoms with van der Waals surface area (Å²) in [6.45, 7) is 3.88. The summed E-state index contributed by atoms with van der Waals surface area (Å²) in [4.78, 5) is 27.8. The van der Waals surface area contributed by atoms with Gasteiger partial charge in [0, 0.05) is 16.3 Å². The normalized spacial score (nSPS) is 18.1. The Labute approximate surface area is 180 Å². The number of aliphatic hydroxyl groups is 1. The molecule has 1 aliphatic heterocycles. The zero-order valence-electron chi connectivity index (χ0n) is 16.6. The first-order valence-electron chi connectivity index (χ1n) is 9.58. The third kappa shape index (κ3) is 3.29. The maximum absolute atomic E-state index is 13.2. The number of ketones is 1. The number of halogens is 1. The molecule has 30 heavy (non-hydrogen) atoms. The third-order valence-electron chi connectivity index (χ3n) is 5.49. The highest BCUT2D eigenvalue weighted by Crippen LogP contribution is 2.43. The van der Waals surface area contributed by atoms with E-state index in [2.05, 4.69) is 0 Å². The van der Waals surface area contributed by atoms with E-state index >= 15 is 0 Å². The fraction of sp³-hybridized carbons (Fsp3) is 0.120. The van der Waals surface area contributed by atoms with E-state index < -0.39 is 17.7 Å². The monoisotopic (exact) mass is 417 g/mol. The molecular formula is C25H20ClNO3. The van der Waals surface area contributed by atoms with E-state index in [-0.39, 0.29) is 11.3 Å². The lowest BCUT2D eigenvalue weighted by molar-refractivity contribution is -0.132. The molecule has 4 nitrogen and oxygen atoms in total. The lowest BCUT2D eigenvalue weighted by atomic mass is 9.95. The highest BCUT2D eigenvalue weighted by atomic mass is 35.5. The second kappa shape index (κ2) is 7.81. The number of carbonyl (C=O) groups is 2. The molecule has 0 radical (unpaired) electrons. The summed E-state index contributed by atoms with van der Waals surface area (Å²) >= 11 is 6.08. The van der Waals surface area contributed by atoms with Crippen LogP contribution in [0.5, 0.6) is 0 Å². The summed E-state index contributed by atoms with van der Waals surface area (Å²) in [7, 11) is 0. The van der Waals surface area contributed by atoms with E-state index in [1.54, 1.807) is 24.3 Å². The zero-order chi connectivity index (χ0) is 21.4. The standard InChI is InChI=1S/C25H20ClNO3/c1-15-8-6-13-20(16(15)2)27-22(17-9-4-3-5-10-17)21(24(29)25(27)30)23(28)18-11-7-12-19(26)14-18/h3-14,22,28H,1-2H3/b23-21+. The van der Waals surface area contributed by atoms with Crippen molar-refractivity contribution in [3.63, 3.8) is 0 Å². The van der Waals surface area contributed by atoms with Crippen LogP contribution in [0, 0.1) is 13.8 Å². The topological polar surface area (TPSA) is 57.6 Å². The second-order valence-electron chi connectivity index (χ2n) is 7.31. The third-order valence-corrected chi connectivity index (χ3v) is 5.73. The SMILES string of the molecule is Cc1cccc(N2C(=O)C(=O)/C(=C(/O)c3cccc(Cl)c3)C2c2ccccc2)c1C. The van der Waals surface area contributed by atoms with E-state index in [1.807, 2.05) is 62.4 Å². The van der Waals surface area contributed by atoms with E-state index in [9.17, 15) is 14.7 Å². The van der Waals surface area contributed by atoms with Crippen LogP contribution < -0.4 is 4.90 Å². The summed E-state index contributed by atoms with van der Waals surface area (Å²) in [5.74, 6) is -1.62. The molecule has 1 unspecified atom stereocenters. The number of aryl methyl sites for hydroxylation is 1. The fourth-order valence-corrected chi connectivity index (χ4v) is 4.01. The summed E-state index contributed by atoms with van der Waals surface area (Å²) < 4.78 is 0. The average molecular weight is 418 g/mol. The number of amides is 1. The number of nitrogens with zero attached hydrogens (tertiary/aromatic N) is 1. The van der Waals surface area contributed by atoms with Crippen LogP contribution in [0.4, 0.5) is 5.69 Å². The first-order chi connectivity index (χ1) is 14.4. The molecule has 150 valence electrons. The van der Waals surface area contributed by atoms with Crippen LogP contribution in [0.15, 0.2) is 78.4 Å². The fourth-order valence-electron chi connectivity index (χ4n) is 3.82. The molecule has 0 aromatic heterocycles. The Balaban J connectivity index is 1.99. The van der Waals surface area contributed by atoms with Gasteiger partial charge in [0.1, 0.15) is 5.76 Å². The predicted molar refractivity (Wildman–Crippen MR) is 119 cm³/mol. The number of anilines is 1. The Morgan fingerprint density at radius 3 is 2.33 bits per heavy atom.